The van der Waals surface area contributed by atoms with Gasteiger partial charge in [0.25, 0.3) is 0 Å². The van der Waals surface area contributed by atoms with Gasteiger partial charge in [-0.2, -0.15) is 0 Å². The molecule has 0 aliphatic heterocycles. The molecule has 0 aliphatic carbocycles. The molecular formula is C18H28N4S2. The average molecular weight is 365 g/mol. The summed E-state index contributed by atoms with van der Waals surface area (Å²) in [6.45, 7) is 10.4. The van der Waals surface area contributed by atoms with Crippen LogP contribution >= 0.6 is 22.7 Å². The van der Waals surface area contributed by atoms with Crippen LogP contribution in [-0.4, -0.2) is 24.5 Å². The zero-order valence-electron chi connectivity index (χ0n) is 15.2. The minimum absolute atomic E-state index is 0.111. The van der Waals surface area contributed by atoms with E-state index in [1.54, 1.807) is 18.4 Å². The van der Waals surface area contributed by atoms with Crippen LogP contribution in [0.1, 0.15) is 43.3 Å². The second-order valence-corrected chi connectivity index (χ2v) is 8.98. The van der Waals surface area contributed by atoms with Crippen LogP contribution in [0.5, 0.6) is 0 Å². The molecule has 0 saturated carbocycles. The second kappa shape index (κ2) is 8.62. The van der Waals surface area contributed by atoms with Crippen molar-refractivity contribution in [2.75, 3.05) is 13.6 Å². The lowest BCUT2D eigenvalue weighted by Gasteiger charge is -2.15. The molecular weight excluding hydrogens is 336 g/mol. The smallest absolute Gasteiger partial charge is 0.191 e. The number of thiazole rings is 1. The summed E-state index contributed by atoms with van der Waals surface area (Å²) in [6.07, 6.45) is 1.10. The highest BCUT2D eigenvalue weighted by Crippen LogP contribution is 2.25. The predicted molar refractivity (Wildman–Crippen MR) is 106 cm³/mol. The third kappa shape index (κ3) is 5.91. The van der Waals surface area contributed by atoms with Crippen LogP contribution in [0, 0.1) is 5.92 Å². The van der Waals surface area contributed by atoms with Gasteiger partial charge in [-0.15, -0.1) is 22.7 Å². The molecule has 2 aromatic rings. The van der Waals surface area contributed by atoms with Gasteiger partial charge >= 0.3 is 0 Å². The zero-order chi connectivity index (χ0) is 17.6. The Kier molecular flexibility index (Phi) is 6.80. The van der Waals surface area contributed by atoms with Crippen molar-refractivity contribution in [3.05, 3.63) is 38.5 Å². The summed E-state index contributed by atoms with van der Waals surface area (Å²) in [5, 5.41) is 12.2. The Balaban J connectivity index is 1.77. The van der Waals surface area contributed by atoms with Crippen LogP contribution in [0.3, 0.4) is 0 Å². The van der Waals surface area contributed by atoms with Crippen molar-refractivity contribution in [3.8, 4) is 0 Å². The Morgan fingerprint density at radius 3 is 2.67 bits per heavy atom. The SMILES string of the molecule is CN=C(NCc1csc(C(C)(C)C)n1)NCC(C)Cc1cccs1. The van der Waals surface area contributed by atoms with E-state index in [9.17, 15) is 0 Å². The largest absolute Gasteiger partial charge is 0.356 e. The molecule has 24 heavy (non-hydrogen) atoms. The van der Waals surface area contributed by atoms with Crippen molar-refractivity contribution in [2.45, 2.75) is 46.1 Å². The van der Waals surface area contributed by atoms with Crippen molar-refractivity contribution < 1.29 is 0 Å². The number of hydrogen-bond donors (Lipinski definition) is 2. The molecule has 2 N–H and O–H groups in total. The summed E-state index contributed by atoms with van der Waals surface area (Å²) in [7, 11) is 1.81. The van der Waals surface area contributed by atoms with E-state index in [-0.39, 0.29) is 5.41 Å². The Morgan fingerprint density at radius 2 is 2.08 bits per heavy atom. The van der Waals surface area contributed by atoms with Gasteiger partial charge in [0.2, 0.25) is 0 Å². The van der Waals surface area contributed by atoms with E-state index in [1.807, 2.05) is 11.3 Å². The fourth-order valence-corrected chi connectivity index (χ4v) is 4.02. The number of rotatable bonds is 6. The van der Waals surface area contributed by atoms with Gasteiger partial charge in [-0.1, -0.05) is 33.8 Å². The first kappa shape index (κ1) is 18.9. The van der Waals surface area contributed by atoms with Gasteiger partial charge in [-0.25, -0.2) is 4.98 Å². The molecule has 4 nitrogen and oxygen atoms in total. The third-order valence-corrected chi connectivity index (χ3v) is 5.82. The first-order valence-electron chi connectivity index (χ1n) is 8.30. The summed E-state index contributed by atoms with van der Waals surface area (Å²) in [6, 6.07) is 4.31. The fraction of sp³-hybridized carbons (Fsp3) is 0.556. The predicted octanol–water partition coefficient (Wildman–Crippen LogP) is 4.05. The Hall–Kier alpha value is -1.40. The topological polar surface area (TPSA) is 49.3 Å². The third-order valence-electron chi connectivity index (χ3n) is 3.60. The lowest BCUT2D eigenvalue weighted by atomic mass is 9.98. The van der Waals surface area contributed by atoms with Gasteiger partial charge < -0.3 is 10.6 Å². The summed E-state index contributed by atoms with van der Waals surface area (Å²) in [4.78, 5) is 10.4. The summed E-state index contributed by atoms with van der Waals surface area (Å²) >= 11 is 3.55. The Labute approximate surface area is 153 Å². The molecule has 0 aliphatic rings. The highest BCUT2D eigenvalue weighted by molar-refractivity contribution is 7.10. The van der Waals surface area contributed by atoms with E-state index >= 15 is 0 Å². The quantitative estimate of drug-likeness (QED) is 0.601. The van der Waals surface area contributed by atoms with E-state index in [0.717, 1.165) is 24.6 Å². The number of hydrogen-bond acceptors (Lipinski definition) is 4. The molecule has 1 atom stereocenters. The molecule has 0 radical (unpaired) electrons. The maximum Gasteiger partial charge on any atom is 0.191 e. The summed E-state index contributed by atoms with van der Waals surface area (Å²) in [5.74, 6) is 1.40. The number of guanidine groups is 1. The van der Waals surface area contributed by atoms with E-state index in [0.29, 0.717) is 12.5 Å². The monoisotopic (exact) mass is 364 g/mol. The molecule has 132 valence electrons. The van der Waals surface area contributed by atoms with Crippen molar-refractivity contribution in [2.24, 2.45) is 10.9 Å². The molecule has 1 unspecified atom stereocenters. The molecule has 0 bridgehead atoms. The van der Waals surface area contributed by atoms with Crippen molar-refractivity contribution in [3.63, 3.8) is 0 Å². The Morgan fingerprint density at radius 1 is 1.29 bits per heavy atom. The van der Waals surface area contributed by atoms with Crippen LogP contribution in [0.25, 0.3) is 0 Å². The molecule has 2 rings (SSSR count). The zero-order valence-corrected chi connectivity index (χ0v) is 16.9. The maximum absolute atomic E-state index is 4.71. The molecule has 0 fully saturated rings. The van der Waals surface area contributed by atoms with Crippen LogP contribution in [0.15, 0.2) is 27.9 Å². The lowest BCUT2D eigenvalue weighted by molar-refractivity contribution is 0.561. The summed E-state index contributed by atoms with van der Waals surface area (Å²) in [5.41, 5.74) is 1.18. The van der Waals surface area contributed by atoms with E-state index < -0.39 is 0 Å². The van der Waals surface area contributed by atoms with E-state index in [1.165, 1.54) is 9.88 Å². The fourth-order valence-electron chi connectivity index (χ4n) is 2.24. The minimum atomic E-state index is 0.111. The van der Waals surface area contributed by atoms with E-state index in [2.05, 4.69) is 66.2 Å². The molecule has 2 heterocycles. The van der Waals surface area contributed by atoms with Gasteiger partial charge in [0.15, 0.2) is 5.96 Å². The standard InChI is InChI=1S/C18H28N4S2/c1-13(9-15-7-6-8-23-15)10-20-17(19-5)21-11-14-12-24-16(22-14)18(2,3)4/h6-8,12-13H,9-11H2,1-5H3,(H2,19,20,21). The number of thiophene rings is 1. The van der Waals surface area contributed by atoms with Gasteiger partial charge in [0, 0.05) is 29.3 Å². The van der Waals surface area contributed by atoms with Crippen molar-refractivity contribution in [1.29, 1.82) is 0 Å². The number of aromatic nitrogens is 1. The molecule has 6 heteroatoms. The molecule has 2 aromatic heterocycles. The van der Waals surface area contributed by atoms with Gasteiger partial charge in [-0.05, 0) is 23.8 Å². The number of aliphatic imine (C=N–C) groups is 1. The van der Waals surface area contributed by atoms with Crippen LogP contribution in [0.2, 0.25) is 0 Å². The van der Waals surface area contributed by atoms with Gasteiger partial charge in [0.1, 0.15) is 0 Å². The minimum Gasteiger partial charge on any atom is -0.356 e. The van der Waals surface area contributed by atoms with Crippen LogP contribution < -0.4 is 10.6 Å². The first-order valence-corrected chi connectivity index (χ1v) is 10.1. The maximum atomic E-state index is 4.71. The molecule has 0 aromatic carbocycles. The van der Waals surface area contributed by atoms with Crippen LogP contribution in [-0.2, 0) is 18.4 Å². The molecule has 0 saturated heterocycles. The summed E-state index contributed by atoms with van der Waals surface area (Å²) < 4.78 is 0. The lowest BCUT2D eigenvalue weighted by Crippen LogP contribution is -2.39. The normalized spacial score (nSPS) is 13.8. The molecule has 0 amide bonds. The Bertz CT molecular complexity index is 638. The van der Waals surface area contributed by atoms with Crippen molar-refractivity contribution in [1.82, 2.24) is 15.6 Å². The highest BCUT2D eigenvalue weighted by Gasteiger charge is 2.17. The van der Waals surface area contributed by atoms with Crippen molar-refractivity contribution >= 4 is 28.6 Å². The second-order valence-electron chi connectivity index (χ2n) is 7.09. The first-order chi connectivity index (χ1) is 11.4. The molecule has 0 spiro atoms. The number of nitrogens with zero attached hydrogens (tertiary/aromatic N) is 2. The average Bonchev–Trinajstić information content (AvgIpc) is 3.18. The highest BCUT2D eigenvalue weighted by atomic mass is 32.1. The van der Waals surface area contributed by atoms with E-state index in [4.69, 9.17) is 4.98 Å². The van der Waals surface area contributed by atoms with Gasteiger partial charge in [0.05, 0.1) is 17.2 Å². The van der Waals surface area contributed by atoms with Gasteiger partial charge in [-0.3, -0.25) is 4.99 Å². The van der Waals surface area contributed by atoms with Crippen LogP contribution in [0.4, 0.5) is 0 Å². The number of nitrogens with one attached hydrogen (secondary N) is 2.